The van der Waals surface area contributed by atoms with E-state index in [1.165, 1.54) is 13.8 Å². The minimum Gasteiger partial charge on any atom is -0.461 e. The maximum atomic E-state index is 10.8. The van der Waals surface area contributed by atoms with Crippen molar-refractivity contribution in [3.63, 3.8) is 0 Å². The molecule has 0 bridgehead atoms. The van der Waals surface area contributed by atoms with E-state index in [1.54, 1.807) is 0 Å². The zero-order chi connectivity index (χ0) is 13.7. The van der Waals surface area contributed by atoms with Gasteiger partial charge < -0.3 is 9.47 Å². The topological polar surface area (TPSA) is 52.6 Å². The first-order chi connectivity index (χ1) is 8.40. The van der Waals surface area contributed by atoms with Crippen molar-refractivity contribution in [2.45, 2.75) is 40.9 Å². The molecule has 0 aromatic heterocycles. The number of carbonyl (C=O) groups excluding carboxylic acids is 2. The van der Waals surface area contributed by atoms with Crippen molar-refractivity contribution in [2.75, 3.05) is 0 Å². The molecule has 0 aliphatic carbocycles. The fourth-order valence-corrected chi connectivity index (χ4v) is 1.62. The van der Waals surface area contributed by atoms with Crippen molar-refractivity contribution in [3.05, 3.63) is 34.4 Å². The van der Waals surface area contributed by atoms with Gasteiger partial charge in [-0.2, -0.15) is 0 Å². The number of ether oxygens (including phenoxy) is 2. The summed E-state index contributed by atoms with van der Waals surface area (Å²) in [5, 5.41) is 0. The molecule has 4 heteroatoms. The van der Waals surface area contributed by atoms with E-state index in [1.807, 2.05) is 26.0 Å². The van der Waals surface area contributed by atoms with Gasteiger partial charge in [0, 0.05) is 13.8 Å². The number of hydrogen-bond acceptors (Lipinski definition) is 4. The molecule has 0 aliphatic heterocycles. The molecule has 1 aromatic rings. The SMILES string of the molecule is CC(=O)OCc1cc(COC(C)=O)c(C)cc1C. The summed E-state index contributed by atoms with van der Waals surface area (Å²) < 4.78 is 9.97. The van der Waals surface area contributed by atoms with Gasteiger partial charge in [-0.25, -0.2) is 0 Å². The van der Waals surface area contributed by atoms with Gasteiger partial charge in [0.2, 0.25) is 0 Å². The highest BCUT2D eigenvalue weighted by Crippen LogP contribution is 2.18. The summed E-state index contributed by atoms with van der Waals surface area (Å²) in [6.07, 6.45) is 0. The van der Waals surface area contributed by atoms with Gasteiger partial charge >= 0.3 is 11.9 Å². The van der Waals surface area contributed by atoms with Crippen LogP contribution in [0.25, 0.3) is 0 Å². The molecule has 0 radical (unpaired) electrons. The maximum absolute atomic E-state index is 10.8. The van der Waals surface area contributed by atoms with Gasteiger partial charge in [-0.05, 0) is 42.2 Å². The highest BCUT2D eigenvalue weighted by Gasteiger charge is 2.07. The number of rotatable bonds is 4. The van der Waals surface area contributed by atoms with Crippen LogP contribution in [-0.4, -0.2) is 11.9 Å². The third-order valence-electron chi connectivity index (χ3n) is 2.66. The van der Waals surface area contributed by atoms with Crippen LogP contribution in [0.1, 0.15) is 36.1 Å². The maximum Gasteiger partial charge on any atom is 0.302 e. The molecule has 0 N–H and O–H groups in total. The number of esters is 2. The van der Waals surface area contributed by atoms with Gasteiger partial charge in [0.25, 0.3) is 0 Å². The molecule has 4 nitrogen and oxygen atoms in total. The second kappa shape index (κ2) is 6.19. The summed E-state index contributed by atoms with van der Waals surface area (Å²) in [5.41, 5.74) is 3.97. The molecule has 0 fully saturated rings. The lowest BCUT2D eigenvalue weighted by atomic mass is 10.0. The third-order valence-corrected chi connectivity index (χ3v) is 2.66. The lowest BCUT2D eigenvalue weighted by Gasteiger charge is -2.12. The largest absolute Gasteiger partial charge is 0.461 e. The Bertz CT molecular complexity index is 424. The Morgan fingerprint density at radius 2 is 1.28 bits per heavy atom. The predicted octanol–water partition coefficient (Wildman–Crippen LogP) is 2.43. The van der Waals surface area contributed by atoms with Gasteiger partial charge in [-0.1, -0.05) is 6.07 Å². The number of benzene rings is 1. The van der Waals surface area contributed by atoms with Gasteiger partial charge in [0.15, 0.2) is 0 Å². The molecule has 0 unspecified atom stereocenters. The van der Waals surface area contributed by atoms with Crippen LogP contribution in [-0.2, 0) is 32.3 Å². The van der Waals surface area contributed by atoms with Crippen LogP contribution in [0.4, 0.5) is 0 Å². The third kappa shape index (κ3) is 4.20. The minimum absolute atomic E-state index is 0.245. The van der Waals surface area contributed by atoms with Crippen molar-refractivity contribution in [1.29, 1.82) is 0 Å². The van der Waals surface area contributed by atoms with E-state index in [4.69, 9.17) is 9.47 Å². The molecule has 0 saturated heterocycles. The molecule has 1 rings (SSSR count). The van der Waals surface area contributed by atoms with Crippen LogP contribution in [0, 0.1) is 13.8 Å². The monoisotopic (exact) mass is 250 g/mol. The molecular formula is C14H18O4. The molecule has 0 atom stereocenters. The fraction of sp³-hybridized carbons (Fsp3) is 0.429. The van der Waals surface area contributed by atoms with Crippen LogP contribution >= 0.6 is 0 Å². The first-order valence-electron chi connectivity index (χ1n) is 5.76. The molecule has 0 saturated carbocycles. The predicted molar refractivity (Wildman–Crippen MR) is 66.9 cm³/mol. The number of aryl methyl sites for hydroxylation is 2. The first-order valence-corrected chi connectivity index (χ1v) is 5.76. The smallest absolute Gasteiger partial charge is 0.302 e. The Balaban J connectivity index is 2.87. The molecule has 0 amide bonds. The van der Waals surface area contributed by atoms with Crippen LogP contribution in [0.15, 0.2) is 12.1 Å². The minimum atomic E-state index is -0.309. The molecule has 0 spiro atoms. The Labute approximate surface area is 107 Å². The van der Waals surface area contributed by atoms with Crippen molar-refractivity contribution in [2.24, 2.45) is 0 Å². The second-order valence-electron chi connectivity index (χ2n) is 4.27. The van der Waals surface area contributed by atoms with Crippen molar-refractivity contribution < 1.29 is 19.1 Å². The standard InChI is InChI=1S/C14H18O4/c1-9-5-10(2)14(8-18-12(4)16)6-13(9)7-17-11(3)15/h5-6H,7-8H2,1-4H3. The summed E-state index contributed by atoms with van der Waals surface area (Å²) in [4.78, 5) is 21.6. The Morgan fingerprint density at radius 3 is 1.61 bits per heavy atom. The molecular weight excluding hydrogens is 232 g/mol. The summed E-state index contributed by atoms with van der Waals surface area (Å²) in [5.74, 6) is -0.618. The van der Waals surface area contributed by atoms with Gasteiger partial charge in [0.05, 0.1) is 0 Å². The summed E-state index contributed by atoms with van der Waals surface area (Å²) >= 11 is 0. The van der Waals surface area contributed by atoms with Gasteiger partial charge in [0.1, 0.15) is 13.2 Å². The highest BCUT2D eigenvalue weighted by molar-refractivity contribution is 5.66. The molecule has 0 aliphatic rings. The van der Waals surface area contributed by atoms with E-state index in [-0.39, 0.29) is 25.2 Å². The van der Waals surface area contributed by atoms with E-state index < -0.39 is 0 Å². The van der Waals surface area contributed by atoms with E-state index in [0.29, 0.717) is 0 Å². The number of hydrogen-bond donors (Lipinski definition) is 0. The van der Waals surface area contributed by atoms with Gasteiger partial charge in [-0.3, -0.25) is 9.59 Å². The Morgan fingerprint density at radius 1 is 0.889 bits per heavy atom. The fourth-order valence-electron chi connectivity index (χ4n) is 1.62. The zero-order valence-electron chi connectivity index (χ0n) is 11.2. The van der Waals surface area contributed by atoms with Gasteiger partial charge in [-0.15, -0.1) is 0 Å². The van der Waals surface area contributed by atoms with Crippen LogP contribution < -0.4 is 0 Å². The van der Waals surface area contributed by atoms with Crippen LogP contribution in [0.5, 0.6) is 0 Å². The van der Waals surface area contributed by atoms with E-state index >= 15 is 0 Å². The van der Waals surface area contributed by atoms with E-state index in [2.05, 4.69) is 0 Å². The van der Waals surface area contributed by atoms with Crippen LogP contribution in [0.2, 0.25) is 0 Å². The lowest BCUT2D eigenvalue weighted by molar-refractivity contribution is -0.142. The quantitative estimate of drug-likeness (QED) is 0.770. The number of carbonyl (C=O) groups is 2. The average Bonchev–Trinajstić information content (AvgIpc) is 2.26. The molecule has 1 aromatic carbocycles. The lowest BCUT2D eigenvalue weighted by Crippen LogP contribution is -2.05. The normalized spacial score (nSPS) is 10.0. The van der Waals surface area contributed by atoms with E-state index in [9.17, 15) is 9.59 Å². The average molecular weight is 250 g/mol. The van der Waals surface area contributed by atoms with Crippen molar-refractivity contribution in [1.82, 2.24) is 0 Å². The zero-order valence-corrected chi connectivity index (χ0v) is 11.2. The van der Waals surface area contributed by atoms with Crippen molar-refractivity contribution >= 4 is 11.9 Å². The second-order valence-corrected chi connectivity index (χ2v) is 4.27. The Kier molecular flexibility index (Phi) is 4.89. The molecule has 0 heterocycles. The highest BCUT2D eigenvalue weighted by atomic mass is 16.5. The van der Waals surface area contributed by atoms with Crippen molar-refractivity contribution in [3.8, 4) is 0 Å². The summed E-state index contributed by atoms with van der Waals surface area (Å²) in [7, 11) is 0. The van der Waals surface area contributed by atoms with E-state index in [0.717, 1.165) is 22.3 Å². The Hall–Kier alpha value is -1.84. The molecule has 98 valence electrons. The van der Waals surface area contributed by atoms with Crippen LogP contribution in [0.3, 0.4) is 0 Å². The summed E-state index contributed by atoms with van der Waals surface area (Å²) in [6, 6.07) is 3.91. The first kappa shape index (κ1) is 14.2. The molecule has 18 heavy (non-hydrogen) atoms. The summed E-state index contributed by atoms with van der Waals surface area (Å²) in [6.45, 7) is 7.17.